The predicted octanol–water partition coefficient (Wildman–Crippen LogP) is 4.50. The second-order valence-electron chi connectivity index (χ2n) is 5.59. The summed E-state index contributed by atoms with van der Waals surface area (Å²) in [6.45, 7) is 4.71. The molecule has 0 amide bonds. The fraction of sp³-hybridized carbons (Fsp3) is 0.167. The van der Waals surface area contributed by atoms with Crippen LogP contribution in [0.25, 0.3) is 0 Å². The van der Waals surface area contributed by atoms with E-state index in [1.165, 1.54) is 5.56 Å². The SMILES string of the molecule is Cc1ccc(CNc2nncc(Nc3cc(Cl)ccc3C)n2)cc1. The van der Waals surface area contributed by atoms with Crippen molar-refractivity contribution in [1.29, 1.82) is 0 Å². The van der Waals surface area contributed by atoms with Gasteiger partial charge in [-0.1, -0.05) is 47.5 Å². The molecule has 0 aliphatic carbocycles. The van der Waals surface area contributed by atoms with Gasteiger partial charge in [-0.05, 0) is 37.1 Å². The van der Waals surface area contributed by atoms with Crippen molar-refractivity contribution in [1.82, 2.24) is 15.2 Å². The van der Waals surface area contributed by atoms with Crippen LogP contribution in [0.5, 0.6) is 0 Å². The maximum absolute atomic E-state index is 6.04. The summed E-state index contributed by atoms with van der Waals surface area (Å²) in [7, 11) is 0. The van der Waals surface area contributed by atoms with Crippen molar-refractivity contribution in [3.63, 3.8) is 0 Å². The third kappa shape index (κ3) is 4.20. The van der Waals surface area contributed by atoms with Gasteiger partial charge in [-0.2, -0.15) is 10.1 Å². The van der Waals surface area contributed by atoms with Crippen molar-refractivity contribution in [3.8, 4) is 0 Å². The molecule has 0 atom stereocenters. The summed E-state index contributed by atoms with van der Waals surface area (Å²) in [5.41, 5.74) is 4.37. The van der Waals surface area contributed by atoms with Gasteiger partial charge in [0.15, 0.2) is 5.82 Å². The van der Waals surface area contributed by atoms with Gasteiger partial charge < -0.3 is 10.6 Å². The van der Waals surface area contributed by atoms with Gasteiger partial charge in [0.2, 0.25) is 5.95 Å². The minimum atomic E-state index is 0.472. The first kappa shape index (κ1) is 16.2. The van der Waals surface area contributed by atoms with Crippen molar-refractivity contribution in [2.45, 2.75) is 20.4 Å². The molecule has 5 nitrogen and oxygen atoms in total. The highest BCUT2D eigenvalue weighted by atomic mass is 35.5. The smallest absolute Gasteiger partial charge is 0.244 e. The van der Waals surface area contributed by atoms with Gasteiger partial charge >= 0.3 is 0 Å². The first-order chi connectivity index (χ1) is 11.6. The Balaban J connectivity index is 1.69. The van der Waals surface area contributed by atoms with Crippen LogP contribution in [0.2, 0.25) is 5.02 Å². The molecule has 3 rings (SSSR count). The van der Waals surface area contributed by atoms with Crippen molar-refractivity contribution in [3.05, 3.63) is 70.4 Å². The van der Waals surface area contributed by atoms with E-state index in [-0.39, 0.29) is 0 Å². The van der Waals surface area contributed by atoms with Crippen molar-refractivity contribution in [2.24, 2.45) is 0 Å². The molecule has 2 N–H and O–H groups in total. The Hall–Kier alpha value is -2.66. The Morgan fingerprint density at radius 1 is 1.04 bits per heavy atom. The van der Waals surface area contributed by atoms with E-state index in [1.54, 1.807) is 6.20 Å². The van der Waals surface area contributed by atoms with Crippen molar-refractivity contribution < 1.29 is 0 Å². The number of aryl methyl sites for hydroxylation is 2. The fourth-order valence-corrected chi connectivity index (χ4v) is 2.36. The first-order valence-corrected chi connectivity index (χ1v) is 8.00. The summed E-state index contributed by atoms with van der Waals surface area (Å²) < 4.78 is 0. The predicted molar refractivity (Wildman–Crippen MR) is 97.8 cm³/mol. The van der Waals surface area contributed by atoms with E-state index in [0.717, 1.165) is 16.8 Å². The minimum absolute atomic E-state index is 0.472. The van der Waals surface area contributed by atoms with Crippen molar-refractivity contribution >= 4 is 29.1 Å². The Bertz CT molecular complexity index is 833. The fourth-order valence-electron chi connectivity index (χ4n) is 2.19. The zero-order chi connectivity index (χ0) is 16.9. The molecule has 122 valence electrons. The number of nitrogens with one attached hydrogen (secondary N) is 2. The highest BCUT2D eigenvalue weighted by molar-refractivity contribution is 6.30. The second-order valence-corrected chi connectivity index (χ2v) is 6.03. The zero-order valence-corrected chi connectivity index (χ0v) is 14.3. The molecule has 0 radical (unpaired) electrons. The lowest BCUT2D eigenvalue weighted by molar-refractivity contribution is 0.948. The number of hydrogen-bond acceptors (Lipinski definition) is 5. The Labute approximate surface area is 146 Å². The average Bonchev–Trinajstić information content (AvgIpc) is 2.58. The van der Waals surface area contributed by atoms with Crippen LogP contribution in [-0.2, 0) is 6.54 Å². The van der Waals surface area contributed by atoms with Gasteiger partial charge in [0, 0.05) is 17.3 Å². The summed E-state index contributed by atoms with van der Waals surface area (Å²) in [5, 5.41) is 15.1. The number of hydrogen-bond donors (Lipinski definition) is 2. The quantitative estimate of drug-likeness (QED) is 0.716. The van der Waals surface area contributed by atoms with Gasteiger partial charge in [0.25, 0.3) is 0 Å². The summed E-state index contributed by atoms with van der Waals surface area (Å²) in [5.74, 6) is 1.09. The van der Waals surface area contributed by atoms with Crippen LogP contribution in [0, 0.1) is 13.8 Å². The minimum Gasteiger partial charge on any atom is -0.349 e. The highest BCUT2D eigenvalue weighted by Crippen LogP contribution is 2.23. The number of aromatic nitrogens is 3. The second kappa shape index (κ2) is 7.27. The summed E-state index contributed by atoms with van der Waals surface area (Å²) >= 11 is 6.04. The third-order valence-electron chi connectivity index (χ3n) is 3.59. The molecule has 24 heavy (non-hydrogen) atoms. The van der Waals surface area contributed by atoms with Crippen LogP contribution in [0.4, 0.5) is 17.5 Å². The molecular formula is C18H18ClN5. The molecule has 0 bridgehead atoms. The molecule has 0 aliphatic rings. The average molecular weight is 340 g/mol. The molecule has 0 saturated carbocycles. The van der Waals surface area contributed by atoms with E-state index in [4.69, 9.17) is 11.6 Å². The molecule has 1 aromatic heterocycles. The van der Waals surface area contributed by atoms with E-state index < -0.39 is 0 Å². The van der Waals surface area contributed by atoms with Gasteiger partial charge in [0.05, 0.1) is 6.20 Å². The van der Waals surface area contributed by atoms with Crippen LogP contribution in [0.3, 0.4) is 0 Å². The largest absolute Gasteiger partial charge is 0.349 e. The van der Waals surface area contributed by atoms with Gasteiger partial charge in [-0.3, -0.25) is 0 Å². The van der Waals surface area contributed by atoms with Crippen LogP contribution in [0.1, 0.15) is 16.7 Å². The van der Waals surface area contributed by atoms with E-state index in [2.05, 4.69) is 57.0 Å². The van der Waals surface area contributed by atoms with Crippen molar-refractivity contribution in [2.75, 3.05) is 10.6 Å². The monoisotopic (exact) mass is 339 g/mol. The van der Waals surface area contributed by atoms with E-state index in [1.807, 2.05) is 25.1 Å². The van der Waals surface area contributed by atoms with Gasteiger partial charge in [-0.15, -0.1) is 5.10 Å². The molecule has 1 heterocycles. The Morgan fingerprint density at radius 3 is 2.62 bits per heavy atom. The topological polar surface area (TPSA) is 62.7 Å². The maximum Gasteiger partial charge on any atom is 0.244 e. The van der Waals surface area contributed by atoms with Crippen LogP contribution < -0.4 is 10.6 Å². The lowest BCUT2D eigenvalue weighted by atomic mass is 10.1. The molecule has 0 unspecified atom stereocenters. The number of halogens is 1. The normalized spacial score (nSPS) is 10.5. The molecule has 6 heteroatoms. The maximum atomic E-state index is 6.04. The highest BCUT2D eigenvalue weighted by Gasteiger charge is 2.04. The lowest BCUT2D eigenvalue weighted by Gasteiger charge is -2.10. The number of anilines is 3. The van der Waals surface area contributed by atoms with Crippen LogP contribution in [0.15, 0.2) is 48.7 Å². The Morgan fingerprint density at radius 2 is 1.83 bits per heavy atom. The molecule has 0 spiro atoms. The van der Waals surface area contributed by atoms with Gasteiger partial charge in [-0.25, -0.2) is 0 Å². The van der Waals surface area contributed by atoms with E-state index in [9.17, 15) is 0 Å². The summed E-state index contributed by atoms with van der Waals surface area (Å²) in [6, 6.07) is 14.0. The number of nitrogens with zero attached hydrogens (tertiary/aromatic N) is 3. The molecule has 0 saturated heterocycles. The lowest BCUT2D eigenvalue weighted by Crippen LogP contribution is -2.06. The molecular weight excluding hydrogens is 322 g/mol. The first-order valence-electron chi connectivity index (χ1n) is 7.62. The standard InChI is InChI=1S/C18H18ClN5/c1-12-3-6-14(7-4-12)10-20-18-23-17(11-21-24-18)22-16-9-15(19)8-5-13(16)2/h3-9,11H,10H2,1-2H3,(H2,20,22,23,24). The third-order valence-corrected chi connectivity index (χ3v) is 3.83. The van der Waals surface area contributed by atoms with Gasteiger partial charge in [0.1, 0.15) is 0 Å². The number of benzene rings is 2. The van der Waals surface area contributed by atoms with Crippen LogP contribution in [-0.4, -0.2) is 15.2 Å². The Kier molecular flexibility index (Phi) is 4.91. The zero-order valence-electron chi connectivity index (χ0n) is 13.5. The van der Waals surface area contributed by atoms with Crippen LogP contribution >= 0.6 is 11.6 Å². The van der Waals surface area contributed by atoms with E-state index in [0.29, 0.717) is 23.3 Å². The molecule has 0 aliphatic heterocycles. The molecule has 0 fully saturated rings. The summed E-state index contributed by atoms with van der Waals surface area (Å²) in [6.07, 6.45) is 1.58. The number of rotatable bonds is 5. The molecule has 2 aromatic carbocycles. The summed E-state index contributed by atoms with van der Waals surface area (Å²) in [4.78, 5) is 4.43. The van der Waals surface area contributed by atoms with E-state index >= 15 is 0 Å². The molecule has 3 aromatic rings.